The topological polar surface area (TPSA) is 55.4 Å². The molecule has 1 amide bonds. The van der Waals surface area contributed by atoms with Gasteiger partial charge in [-0.15, -0.1) is 0 Å². The van der Waals surface area contributed by atoms with Crippen molar-refractivity contribution >= 4 is 17.6 Å². The zero-order valence-electron chi connectivity index (χ0n) is 14.4. The number of benzene rings is 2. The van der Waals surface area contributed by atoms with E-state index in [-0.39, 0.29) is 5.69 Å². The number of anilines is 1. The van der Waals surface area contributed by atoms with Gasteiger partial charge in [-0.2, -0.15) is 0 Å². The molecule has 27 heavy (non-hydrogen) atoms. The summed E-state index contributed by atoms with van der Waals surface area (Å²) in [6, 6.07) is 8.31. The Labute approximate surface area is 154 Å². The van der Waals surface area contributed by atoms with Gasteiger partial charge in [-0.1, -0.05) is 25.0 Å². The number of halogens is 3. The van der Waals surface area contributed by atoms with Crippen LogP contribution in [0.4, 0.5) is 18.9 Å². The third-order valence-corrected chi connectivity index (χ3v) is 4.78. The summed E-state index contributed by atoms with van der Waals surface area (Å²) in [5.74, 6) is -3.27. The summed E-state index contributed by atoms with van der Waals surface area (Å²) < 4.78 is 45.1. The van der Waals surface area contributed by atoms with Crippen LogP contribution in [0.2, 0.25) is 0 Å². The maximum atomic E-state index is 13.6. The van der Waals surface area contributed by atoms with Crippen LogP contribution < -0.4 is 5.32 Å². The van der Waals surface area contributed by atoms with Crippen LogP contribution in [0, 0.1) is 17.5 Å². The summed E-state index contributed by atoms with van der Waals surface area (Å²) >= 11 is 0. The standard InChI is InChI=1S/C20H18F3NO3/c21-14-5-3-13(4-6-14)20(9-1-2-10-20)19(26)27-12-18(25)24-17-11-15(22)7-8-16(17)23/h3-8,11H,1-2,9-10,12H2,(H,24,25). The molecule has 1 fully saturated rings. The summed E-state index contributed by atoms with van der Waals surface area (Å²) in [4.78, 5) is 24.7. The molecular formula is C20H18F3NO3. The second kappa shape index (κ2) is 7.82. The van der Waals surface area contributed by atoms with Crippen molar-refractivity contribution in [2.75, 3.05) is 11.9 Å². The van der Waals surface area contributed by atoms with E-state index < -0.39 is 41.4 Å². The predicted octanol–water partition coefficient (Wildman–Crippen LogP) is 4.10. The van der Waals surface area contributed by atoms with E-state index in [0.717, 1.165) is 31.0 Å². The molecule has 1 N–H and O–H groups in total. The molecule has 3 rings (SSSR count). The summed E-state index contributed by atoms with van der Waals surface area (Å²) in [6.45, 7) is -0.627. The van der Waals surface area contributed by atoms with Crippen LogP contribution in [0.25, 0.3) is 0 Å². The largest absolute Gasteiger partial charge is 0.455 e. The highest BCUT2D eigenvalue weighted by atomic mass is 19.1. The number of carbonyl (C=O) groups is 2. The average Bonchev–Trinajstić information content (AvgIpc) is 3.14. The zero-order chi connectivity index (χ0) is 19.4. The molecule has 2 aromatic rings. The summed E-state index contributed by atoms with van der Waals surface area (Å²) in [5, 5.41) is 2.18. The minimum absolute atomic E-state index is 0.329. The van der Waals surface area contributed by atoms with Crippen molar-refractivity contribution in [2.24, 2.45) is 0 Å². The minimum Gasteiger partial charge on any atom is -0.455 e. The van der Waals surface area contributed by atoms with Crippen molar-refractivity contribution in [3.63, 3.8) is 0 Å². The Morgan fingerprint density at radius 3 is 2.26 bits per heavy atom. The van der Waals surface area contributed by atoms with Crippen molar-refractivity contribution in [3.8, 4) is 0 Å². The number of rotatable bonds is 5. The Hall–Kier alpha value is -2.83. The SMILES string of the molecule is O=C(COC(=O)C1(c2ccc(F)cc2)CCCC1)Nc1cc(F)ccc1F. The number of carbonyl (C=O) groups excluding carboxylic acids is 2. The quantitative estimate of drug-likeness (QED) is 0.799. The number of hydrogen-bond acceptors (Lipinski definition) is 3. The molecule has 0 unspecified atom stereocenters. The van der Waals surface area contributed by atoms with Crippen LogP contribution >= 0.6 is 0 Å². The first-order valence-corrected chi connectivity index (χ1v) is 8.59. The molecule has 0 aromatic heterocycles. The maximum Gasteiger partial charge on any atom is 0.317 e. The Morgan fingerprint density at radius 2 is 1.59 bits per heavy atom. The van der Waals surface area contributed by atoms with Crippen molar-refractivity contribution < 1.29 is 27.5 Å². The third kappa shape index (κ3) is 4.13. The molecule has 2 aromatic carbocycles. The fourth-order valence-corrected chi connectivity index (χ4v) is 3.41. The lowest BCUT2D eigenvalue weighted by molar-refractivity contribution is -0.153. The lowest BCUT2D eigenvalue weighted by Crippen LogP contribution is -2.36. The molecule has 1 aliphatic rings. The van der Waals surface area contributed by atoms with Gasteiger partial charge in [0.1, 0.15) is 17.5 Å². The van der Waals surface area contributed by atoms with Crippen LogP contribution in [0.3, 0.4) is 0 Å². The van der Waals surface area contributed by atoms with Gasteiger partial charge >= 0.3 is 5.97 Å². The van der Waals surface area contributed by atoms with Crippen molar-refractivity contribution in [1.82, 2.24) is 0 Å². The molecule has 0 saturated heterocycles. The Bertz CT molecular complexity index is 846. The minimum atomic E-state index is -0.919. The van der Waals surface area contributed by atoms with E-state index in [2.05, 4.69) is 5.32 Å². The average molecular weight is 377 g/mol. The van der Waals surface area contributed by atoms with E-state index in [1.165, 1.54) is 12.1 Å². The van der Waals surface area contributed by atoms with Crippen LogP contribution in [0.15, 0.2) is 42.5 Å². The fraction of sp³-hybridized carbons (Fsp3) is 0.300. The molecule has 0 heterocycles. The van der Waals surface area contributed by atoms with Crippen LogP contribution in [-0.4, -0.2) is 18.5 Å². The van der Waals surface area contributed by atoms with Gasteiger partial charge in [-0.25, -0.2) is 13.2 Å². The lowest BCUT2D eigenvalue weighted by Gasteiger charge is -2.27. The van der Waals surface area contributed by atoms with Gasteiger partial charge in [0, 0.05) is 6.07 Å². The van der Waals surface area contributed by atoms with Gasteiger partial charge in [0.25, 0.3) is 5.91 Å². The zero-order valence-corrected chi connectivity index (χ0v) is 14.4. The molecule has 0 bridgehead atoms. The van der Waals surface area contributed by atoms with Gasteiger partial charge in [0.2, 0.25) is 0 Å². The van der Waals surface area contributed by atoms with E-state index in [4.69, 9.17) is 4.74 Å². The second-order valence-corrected chi connectivity index (χ2v) is 6.54. The molecule has 4 nitrogen and oxygen atoms in total. The molecule has 142 valence electrons. The monoisotopic (exact) mass is 377 g/mol. The number of nitrogens with one attached hydrogen (secondary N) is 1. The van der Waals surface area contributed by atoms with E-state index in [1.54, 1.807) is 12.1 Å². The molecule has 0 atom stereocenters. The molecule has 7 heteroatoms. The number of hydrogen-bond donors (Lipinski definition) is 1. The number of esters is 1. The predicted molar refractivity (Wildman–Crippen MR) is 92.5 cm³/mol. The Kier molecular flexibility index (Phi) is 5.48. The van der Waals surface area contributed by atoms with E-state index in [1.807, 2.05) is 0 Å². The molecule has 1 aliphatic carbocycles. The van der Waals surface area contributed by atoms with Crippen LogP contribution in [-0.2, 0) is 19.7 Å². The summed E-state index contributed by atoms with van der Waals surface area (Å²) in [6.07, 6.45) is 2.70. The molecule has 0 radical (unpaired) electrons. The first-order chi connectivity index (χ1) is 12.9. The van der Waals surface area contributed by atoms with Crippen molar-refractivity contribution in [3.05, 3.63) is 65.5 Å². The third-order valence-electron chi connectivity index (χ3n) is 4.78. The smallest absolute Gasteiger partial charge is 0.317 e. The molecular weight excluding hydrogens is 359 g/mol. The Morgan fingerprint density at radius 1 is 0.963 bits per heavy atom. The maximum absolute atomic E-state index is 13.6. The van der Waals surface area contributed by atoms with E-state index in [9.17, 15) is 22.8 Å². The van der Waals surface area contributed by atoms with Gasteiger partial charge in [0.05, 0.1) is 11.1 Å². The van der Waals surface area contributed by atoms with Crippen LogP contribution in [0.5, 0.6) is 0 Å². The summed E-state index contributed by atoms with van der Waals surface area (Å²) in [5.41, 5.74) is -0.605. The van der Waals surface area contributed by atoms with Crippen molar-refractivity contribution in [2.45, 2.75) is 31.1 Å². The van der Waals surface area contributed by atoms with Gasteiger partial charge in [-0.05, 0) is 42.7 Å². The molecule has 1 saturated carbocycles. The Balaban J connectivity index is 1.67. The van der Waals surface area contributed by atoms with Crippen molar-refractivity contribution in [1.29, 1.82) is 0 Å². The highest BCUT2D eigenvalue weighted by Gasteiger charge is 2.44. The summed E-state index contributed by atoms with van der Waals surface area (Å²) in [7, 11) is 0. The van der Waals surface area contributed by atoms with Gasteiger partial charge in [0.15, 0.2) is 6.61 Å². The number of ether oxygens (including phenoxy) is 1. The van der Waals surface area contributed by atoms with E-state index >= 15 is 0 Å². The normalized spacial score (nSPS) is 15.4. The first kappa shape index (κ1) is 18.9. The molecule has 0 spiro atoms. The van der Waals surface area contributed by atoms with E-state index in [0.29, 0.717) is 18.4 Å². The van der Waals surface area contributed by atoms with Gasteiger partial charge < -0.3 is 10.1 Å². The number of amides is 1. The molecule has 0 aliphatic heterocycles. The first-order valence-electron chi connectivity index (χ1n) is 8.59. The fourth-order valence-electron chi connectivity index (χ4n) is 3.41. The highest BCUT2D eigenvalue weighted by Crippen LogP contribution is 2.42. The van der Waals surface area contributed by atoms with Crippen LogP contribution in [0.1, 0.15) is 31.2 Å². The second-order valence-electron chi connectivity index (χ2n) is 6.54. The lowest BCUT2D eigenvalue weighted by atomic mass is 9.79. The highest BCUT2D eigenvalue weighted by molar-refractivity contribution is 5.94. The van der Waals surface area contributed by atoms with Gasteiger partial charge in [-0.3, -0.25) is 9.59 Å².